The first kappa shape index (κ1) is 32.4. The summed E-state index contributed by atoms with van der Waals surface area (Å²) in [6.07, 6.45) is -5.66. The molecule has 2 aromatic carbocycles. The van der Waals surface area contributed by atoms with Gasteiger partial charge in [0, 0.05) is 56.6 Å². The Morgan fingerprint density at radius 3 is 2.38 bits per heavy atom. The lowest BCUT2D eigenvalue weighted by Crippen LogP contribution is -2.48. The number of amidine groups is 1. The van der Waals surface area contributed by atoms with Crippen molar-refractivity contribution in [1.82, 2.24) is 14.8 Å². The summed E-state index contributed by atoms with van der Waals surface area (Å²) >= 11 is 1.26. The first-order chi connectivity index (χ1) is 21.4. The number of benzene rings is 2. The highest BCUT2D eigenvalue weighted by molar-refractivity contribution is 8.18. The number of methoxy groups -OCH3 is 1. The number of alkyl halides is 6. The van der Waals surface area contributed by atoms with E-state index in [1.807, 2.05) is 18.2 Å². The molecule has 45 heavy (non-hydrogen) atoms. The minimum Gasteiger partial charge on any atom is -0.493 e. The quantitative estimate of drug-likeness (QED) is 0.203. The fourth-order valence-electron chi connectivity index (χ4n) is 4.86. The predicted molar refractivity (Wildman–Crippen MR) is 158 cm³/mol. The summed E-state index contributed by atoms with van der Waals surface area (Å²) in [4.78, 5) is 26.1. The summed E-state index contributed by atoms with van der Waals surface area (Å²) in [5.74, 6) is -0.131. The molecule has 3 heterocycles. The Balaban J connectivity index is 1.20. The molecule has 0 radical (unpaired) electrons. The lowest BCUT2D eigenvalue weighted by Gasteiger charge is -2.35. The lowest BCUT2D eigenvalue weighted by molar-refractivity contribution is -0.143. The van der Waals surface area contributed by atoms with Gasteiger partial charge in [-0.05, 0) is 59.8 Å². The van der Waals surface area contributed by atoms with Gasteiger partial charge in [-0.25, -0.2) is 0 Å². The number of ether oxygens (including phenoxy) is 2. The van der Waals surface area contributed by atoms with Crippen LogP contribution < -0.4 is 9.47 Å². The van der Waals surface area contributed by atoms with Crippen LogP contribution in [0.25, 0.3) is 6.08 Å². The topological polar surface area (TPSA) is 67.3 Å². The van der Waals surface area contributed by atoms with E-state index < -0.39 is 35.6 Å². The molecule has 1 fully saturated rings. The van der Waals surface area contributed by atoms with Crippen LogP contribution in [0.15, 0.2) is 70.7 Å². The molecular weight excluding hydrogens is 622 g/mol. The first-order valence-electron chi connectivity index (χ1n) is 13.9. The summed E-state index contributed by atoms with van der Waals surface area (Å²) in [5, 5.41) is 0.625. The fourth-order valence-corrected chi connectivity index (χ4v) is 5.82. The van der Waals surface area contributed by atoms with Crippen molar-refractivity contribution < 1.29 is 40.6 Å². The molecule has 0 unspecified atom stereocenters. The van der Waals surface area contributed by atoms with Gasteiger partial charge in [0.2, 0.25) is 0 Å². The van der Waals surface area contributed by atoms with E-state index >= 15 is 0 Å². The highest BCUT2D eigenvalue weighted by Crippen LogP contribution is 2.39. The molecule has 1 amide bonds. The van der Waals surface area contributed by atoms with E-state index in [0.717, 1.165) is 50.9 Å². The number of amides is 1. The number of pyridine rings is 1. The van der Waals surface area contributed by atoms with Crippen molar-refractivity contribution in [3.8, 4) is 11.5 Å². The molecule has 1 saturated heterocycles. The van der Waals surface area contributed by atoms with Gasteiger partial charge in [0.25, 0.3) is 5.91 Å². The minimum atomic E-state index is -5.01. The van der Waals surface area contributed by atoms with Gasteiger partial charge < -0.3 is 14.4 Å². The number of piperazine rings is 1. The van der Waals surface area contributed by atoms with E-state index in [1.54, 1.807) is 24.4 Å². The van der Waals surface area contributed by atoms with Gasteiger partial charge >= 0.3 is 12.4 Å². The number of carbonyl (C=O) groups is 1. The standard InChI is InChI=1S/C31H28F6N4O3S/c1-43-26-16-20(5-8-25(26)44-19-21-6-7-22(30(32,33)34)18-24(21)31(35,36)37)17-27-28(42)39-29(45-27)41-14-12-40(13-15-41)11-9-23-4-2-3-10-38-23/h2-8,10,16-18H,9,11-15,19H2,1H3/b27-17-. The van der Waals surface area contributed by atoms with Crippen LogP contribution >= 0.6 is 11.8 Å². The molecular formula is C31H28F6N4O3S. The Morgan fingerprint density at radius 1 is 0.933 bits per heavy atom. The minimum absolute atomic E-state index is 0.0709. The third-order valence-corrected chi connectivity index (χ3v) is 8.32. The summed E-state index contributed by atoms with van der Waals surface area (Å²) in [7, 11) is 1.34. The van der Waals surface area contributed by atoms with Gasteiger partial charge in [0.15, 0.2) is 16.7 Å². The lowest BCUT2D eigenvalue weighted by atomic mass is 10.0. The van der Waals surface area contributed by atoms with Gasteiger partial charge in [0.1, 0.15) is 6.61 Å². The van der Waals surface area contributed by atoms with Gasteiger partial charge in [-0.2, -0.15) is 31.3 Å². The fraction of sp³-hybridized carbons (Fsp3) is 0.323. The van der Waals surface area contributed by atoms with Gasteiger partial charge in [-0.1, -0.05) is 18.2 Å². The van der Waals surface area contributed by atoms with Crippen molar-refractivity contribution in [1.29, 1.82) is 0 Å². The SMILES string of the molecule is COc1cc(/C=C2\SC(N3CCN(CCc4ccccn4)CC3)=NC2=O)ccc1OCc1ccc(C(F)(F)F)cc1C(F)(F)F. The number of nitrogens with zero attached hydrogens (tertiary/aromatic N) is 4. The monoisotopic (exact) mass is 650 g/mol. The second-order valence-electron chi connectivity index (χ2n) is 10.3. The molecule has 7 nitrogen and oxygen atoms in total. The number of rotatable bonds is 8. The van der Waals surface area contributed by atoms with Crippen LogP contribution in [0.5, 0.6) is 11.5 Å². The molecule has 238 valence electrons. The Hall–Kier alpha value is -4.04. The molecule has 2 aliphatic heterocycles. The highest BCUT2D eigenvalue weighted by Gasteiger charge is 2.38. The molecule has 0 saturated carbocycles. The van der Waals surface area contributed by atoms with Crippen LogP contribution in [0.2, 0.25) is 0 Å². The van der Waals surface area contributed by atoms with Crippen molar-refractivity contribution in [2.45, 2.75) is 25.4 Å². The van der Waals surface area contributed by atoms with Crippen LogP contribution in [0.4, 0.5) is 26.3 Å². The third kappa shape index (κ3) is 8.17. The average Bonchev–Trinajstić information content (AvgIpc) is 3.38. The molecule has 0 N–H and O–H groups in total. The third-order valence-electron chi connectivity index (χ3n) is 7.27. The summed E-state index contributed by atoms with van der Waals surface area (Å²) in [6, 6.07) is 11.9. The average molecular weight is 651 g/mol. The molecule has 2 aliphatic rings. The van der Waals surface area contributed by atoms with Crippen LogP contribution in [-0.2, 0) is 30.2 Å². The van der Waals surface area contributed by atoms with Crippen LogP contribution in [0, 0.1) is 0 Å². The van der Waals surface area contributed by atoms with E-state index in [4.69, 9.17) is 9.47 Å². The normalized spacial score (nSPS) is 17.1. The van der Waals surface area contributed by atoms with E-state index in [2.05, 4.69) is 19.8 Å². The number of hydrogen-bond donors (Lipinski definition) is 0. The van der Waals surface area contributed by atoms with Crippen LogP contribution in [0.3, 0.4) is 0 Å². The van der Waals surface area contributed by atoms with E-state index in [9.17, 15) is 31.1 Å². The number of carbonyl (C=O) groups excluding carboxylic acids is 1. The Bertz CT molecular complexity index is 1590. The predicted octanol–water partition coefficient (Wildman–Crippen LogP) is 6.54. The van der Waals surface area contributed by atoms with E-state index in [-0.39, 0.29) is 23.5 Å². The summed E-state index contributed by atoms with van der Waals surface area (Å²) in [5.41, 5.74) is -1.69. The zero-order valence-electron chi connectivity index (χ0n) is 24.0. The zero-order chi connectivity index (χ0) is 32.2. The first-order valence-corrected chi connectivity index (χ1v) is 14.7. The maximum Gasteiger partial charge on any atom is 0.416 e. The van der Waals surface area contributed by atoms with Crippen molar-refractivity contribution >= 4 is 28.9 Å². The van der Waals surface area contributed by atoms with Crippen molar-refractivity contribution in [2.75, 3.05) is 39.8 Å². The zero-order valence-corrected chi connectivity index (χ0v) is 24.8. The summed E-state index contributed by atoms with van der Waals surface area (Å²) < 4.78 is 90.4. The van der Waals surface area contributed by atoms with Gasteiger partial charge in [-0.3, -0.25) is 14.7 Å². The van der Waals surface area contributed by atoms with Crippen LogP contribution in [-0.4, -0.2) is 65.7 Å². The molecule has 14 heteroatoms. The Kier molecular flexibility index (Phi) is 9.73. The van der Waals surface area contributed by atoms with Crippen molar-refractivity contribution in [3.05, 3.63) is 93.6 Å². The van der Waals surface area contributed by atoms with Crippen LogP contribution in [0.1, 0.15) is 27.9 Å². The molecule has 0 atom stereocenters. The number of aliphatic imine (C=N–C) groups is 1. The molecule has 0 bridgehead atoms. The number of thioether (sulfide) groups is 1. The van der Waals surface area contributed by atoms with Gasteiger partial charge in [0.05, 0.1) is 23.1 Å². The van der Waals surface area contributed by atoms with Crippen molar-refractivity contribution in [3.63, 3.8) is 0 Å². The molecule has 1 aromatic heterocycles. The molecule has 3 aromatic rings. The maximum atomic E-state index is 13.5. The smallest absolute Gasteiger partial charge is 0.416 e. The number of aromatic nitrogens is 1. The van der Waals surface area contributed by atoms with Crippen molar-refractivity contribution in [2.24, 2.45) is 4.99 Å². The Morgan fingerprint density at radius 2 is 1.71 bits per heavy atom. The molecule has 0 spiro atoms. The number of halogens is 6. The largest absolute Gasteiger partial charge is 0.493 e. The molecule has 0 aliphatic carbocycles. The number of hydrogen-bond acceptors (Lipinski definition) is 7. The maximum absolute atomic E-state index is 13.5. The summed E-state index contributed by atoms with van der Waals surface area (Å²) in [6.45, 7) is 3.35. The van der Waals surface area contributed by atoms with E-state index in [1.165, 1.54) is 24.9 Å². The second-order valence-corrected chi connectivity index (χ2v) is 11.3. The highest BCUT2D eigenvalue weighted by atomic mass is 32.2. The Labute approximate surface area is 259 Å². The second kappa shape index (κ2) is 13.5. The van der Waals surface area contributed by atoms with E-state index in [0.29, 0.717) is 21.7 Å². The molecule has 5 rings (SSSR count). The van der Waals surface area contributed by atoms with Gasteiger partial charge in [-0.15, -0.1) is 0 Å².